The molecule has 0 bridgehead atoms. The maximum atomic E-state index is 12.1. The molecule has 0 N–H and O–H groups in total. The standard InChI is InChI=1S/C16H36P.C4HF10O2P/c1-5-9-13-17(14-10-6-2,15-11-7-3)16-12-8-4;5-1(6,7)3(11,12)17(15,16)4(13,14)2(8,9)10/h5-16H2,1-4H3;(H,15,16)/q+1;/p-1. The second-order valence-corrected chi connectivity index (χ2v) is 15.0. The van der Waals surface area contributed by atoms with Crippen LogP contribution >= 0.6 is 14.6 Å². The maximum Gasteiger partial charge on any atom is 0.459 e. The third kappa shape index (κ3) is 9.76. The third-order valence-electron chi connectivity index (χ3n) is 5.37. The Morgan fingerprint density at radius 1 is 0.559 bits per heavy atom. The second kappa shape index (κ2) is 14.6. The van der Waals surface area contributed by atoms with E-state index in [2.05, 4.69) is 27.7 Å². The van der Waals surface area contributed by atoms with Gasteiger partial charge in [-0.1, -0.05) is 53.4 Å². The Kier molecular flexibility index (Phi) is 15.5. The second-order valence-electron chi connectivity index (χ2n) is 8.28. The summed E-state index contributed by atoms with van der Waals surface area (Å²) in [4.78, 5) is 10.1. The summed E-state index contributed by atoms with van der Waals surface area (Å²) < 4.78 is 127. The topological polar surface area (TPSA) is 40.1 Å². The zero-order chi connectivity index (χ0) is 27.5. The molecule has 0 rings (SSSR count). The summed E-state index contributed by atoms with van der Waals surface area (Å²) in [5.74, 6) is 0. The van der Waals surface area contributed by atoms with Crippen LogP contribution in [0.3, 0.4) is 0 Å². The number of rotatable bonds is 14. The molecule has 0 saturated heterocycles. The van der Waals surface area contributed by atoms with Crippen LogP contribution < -0.4 is 4.89 Å². The Hall–Kier alpha value is -0.0800. The summed E-state index contributed by atoms with van der Waals surface area (Å²) in [7, 11) is -9.07. The van der Waals surface area contributed by atoms with Gasteiger partial charge in [-0.15, -0.1) is 0 Å². The lowest BCUT2D eigenvalue weighted by molar-refractivity contribution is -0.312. The predicted octanol–water partition coefficient (Wildman–Crippen LogP) is 9.14. The summed E-state index contributed by atoms with van der Waals surface area (Å²) in [5, 5.41) is 0. The van der Waals surface area contributed by atoms with Crippen molar-refractivity contribution in [2.75, 3.05) is 24.6 Å². The highest BCUT2D eigenvalue weighted by molar-refractivity contribution is 7.75. The Morgan fingerprint density at radius 3 is 0.912 bits per heavy atom. The van der Waals surface area contributed by atoms with Crippen molar-refractivity contribution in [3.8, 4) is 0 Å². The quantitative estimate of drug-likeness (QED) is 0.157. The average molecular weight is 560 g/mol. The highest BCUT2D eigenvalue weighted by Crippen LogP contribution is 2.72. The van der Waals surface area contributed by atoms with E-state index >= 15 is 0 Å². The SMILES string of the molecule is CCCC[P+](CCCC)(CCCC)CCCC.O=P([O-])(C(F)(F)C(F)(F)F)C(F)(F)C(F)(F)F. The summed E-state index contributed by atoms with van der Waals surface area (Å²) in [5.41, 5.74) is -14.4. The minimum absolute atomic E-state index is 0.562. The van der Waals surface area contributed by atoms with Gasteiger partial charge >= 0.3 is 23.7 Å². The van der Waals surface area contributed by atoms with Gasteiger partial charge in [0.05, 0.1) is 24.6 Å². The van der Waals surface area contributed by atoms with Crippen molar-refractivity contribution in [1.82, 2.24) is 0 Å². The first-order valence-electron chi connectivity index (χ1n) is 11.3. The molecule has 0 unspecified atom stereocenters. The van der Waals surface area contributed by atoms with Gasteiger partial charge in [0.1, 0.15) is 0 Å². The number of hydrogen-bond acceptors (Lipinski definition) is 2. The fourth-order valence-corrected chi connectivity index (χ4v) is 9.47. The molecule has 14 heteroatoms. The van der Waals surface area contributed by atoms with Crippen molar-refractivity contribution < 1.29 is 53.4 Å². The molecule has 0 atom stereocenters. The van der Waals surface area contributed by atoms with Gasteiger partial charge in [0, 0.05) is 7.26 Å². The van der Waals surface area contributed by atoms with Gasteiger partial charge in [-0.2, -0.15) is 43.9 Å². The minimum Gasteiger partial charge on any atom is -0.790 e. The first-order valence-corrected chi connectivity index (χ1v) is 15.5. The minimum atomic E-state index is -8.51. The Labute approximate surface area is 196 Å². The molecule has 0 amide bonds. The van der Waals surface area contributed by atoms with Gasteiger partial charge in [0.25, 0.3) is 0 Å². The van der Waals surface area contributed by atoms with Crippen LogP contribution in [0, 0.1) is 0 Å². The molecule has 0 aliphatic carbocycles. The molecule has 0 saturated carbocycles. The monoisotopic (exact) mass is 560 g/mol. The fourth-order valence-electron chi connectivity index (χ4n) is 3.16. The number of halogens is 10. The number of unbranched alkanes of at least 4 members (excludes halogenated alkanes) is 4. The normalized spacial score (nSPS) is 14.1. The lowest BCUT2D eigenvalue weighted by Crippen LogP contribution is -2.50. The van der Waals surface area contributed by atoms with Gasteiger partial charge in [0.2, 0.25) is 0 Å². The molecule has 0 heterocycles. The zero-order valence-corrected chi connectivity index (χ0v) is 21.8. The third-order valence-corrected chi connectivity index (χ3v) is 12.4. The van der Waals surface area contributed by atoms with E-state index in [0.717, 1.165) is 0 Å². The average Bonchev–Trinajstić information content (AvgIpc) is 2.71. The van der Waals surface area contributed by atoms with E-state index in [1.165, 1.54) is 51.4 Å². The van der Waals surface area contributed by atoms with Gasteiger partial charge in [0.15, 0.2) is 7.37 Å². The van der Waals surface area contributed by atoms with Crippen LogP contribution in [-0.2, 0) is 4.57 Å². The Bertz CT molecular complexity index is 540. The lowest BCUT2D eigenvalue weighted by Gasteiger charge is -2.38. The van der Waals surface area contributed by atoms with Crippen molar-refractivity contribution in [1.29, 1.82) is 0 Å². The van der Waals surface area contributed by atoms with E-state index in [1.807, 2.05) is 0 Å². The van der Waals surface area contributed by atoms with E-state index < -0.39 is 38.3 Å². The maximum absolute atomic E-state index is 12.1. The summed E-state index contributed by atoms with van der Waals surface area (Å²) in [6, 6.07) is 0. The number of hydrogen-bond donors (Lipinski definition) is 0. The first-order chi connectivity index (χ1) is 15.2. The predicted molar refractivity (Wildman–Crippen MR) is 116 cm³/mol. The van der Waals surface area contributed by atoms with Crippen LogP contribution in [0.1, 0.15) is 79.1 Å². The van der Waals surface area contributed by atoms with Crippen molar-refractivity contribution in [3.63, 3.8) is 0 Å². The van der Waals surface area contributed by atoms with Gasteiger partial charge in [-0.05, 0) is 25.7 Å². The van der Waals surface area contributed by atoms with Crippen LogP contribution in [0.2, 0.25) is 0 Å². The van der Waals surface area contributed by atoms with E-state index in [0.29, 0.717) is 0 Å². The smallest absolute Gasteiger partial charge is 0.459 e. The Morgan fingerprint density at radius 2 is 0.765 bits per heavy atom. The molecular formula is C20H36F10O2P2. The van der Waals surface area contributed by atoms with Crippen LogP contribution in [0.4, 0.5) is 43.9 Å². The fraction of sp³-hybridized carbons (Fsp3) is 1.00. The molecule has 208 valence electrons. The van der Waals surface area contributed by atoms with Crippen LogP contribution in [0.5, 0.6) is 0 Å². The molecular weight excluding hydrogens is 524 g/mol. The molecule has 2 nitrogen and oxygen atoms in total. The summed E-state index contributed by atoms with van der Waals surface area (Å²) in [6.07, 6.45) is 3.78. The molecule has 0 aromatic rings. The van der Waals surface area contributed by atoms with Crippen LogP contribution in [0.25, 0.3) is 0 Å². The van der Waals surface area contributed by atoms with Gasteiger partial charge < -0.3 is 9.46 Å². The molecule has 0 spiro atoms. The molecule has 0 aromatic heterocycles. The highest BCUT2D eigenvalue weighted by Gasteiger charge is 2.78. The van der Waals surface area contributed by atoms with Crippen molar-refractivity contribution in [2.45, 2.75) is 103 Å². The molecule has 0 fully saturated rings. The van der Waals surface area contributed by atoms with Crippen LogP contribution in [-0.4, -0.2) is 48.3 Å². The zero-order valence-electron chi connectivity index (χ0n) is 20.0. The number of alkyl halides is 10. The van der Waals surface area contributed by atoms with Crippen LogP contribution in [0.15, 0.2) is 0 Å². The van der Waals surface area contributed by atoms with E-state index in [-0.39, 0.29) is 0 Å². The Balaban J connectivity index is 0. The summed E-state index contributed by atoms with van der Waals surface area (Å²) >= 11 is 0. The van der Waals surface area contributed by atoms with E-state index in [4.69, 9.17) is 0 Å². The molecule has 0 aliphatic heterocycles. The molecule has 0 aliphatic rings. The summed E-state index contributed by atoms with van der Waals surface area (Å²) in [6.45, 7) is 9.42. The van der Waals surface area contributed by atoms with E-state index in [1.54, 1.807) is 24.6 Å². The van der Waals surface area contributed by atoms with Gasteiger partial charge in [-0.3, -0.25) is 0 Å². The van der Waals surface area contributed by atoms with Crippen molar-refractivity contribution >= 4 is 14.6 Å². The van der Waals surface area contributed by atoms with Gasteiger partial charge in [-0.25, -0.2) is 0 Å². The highest BCUT2D eigenvalue weighted by atomic mass is 31.2. The van der Waals surface area contributed by atoms with Crippen molar-refractivity contribution in [2.24, 2.45) is 0 Å². The molecule has 0 radical (unpaired) electrons. The van der Waals surface area contributed by atoms with E-state index in [9.17, 15) is 53.4 Å². The van der Waals surface area contributed by atoms with Crippen molar-refractivity contribution in [3.05, 3.63) is 0 Å². The first kappa shape index (κ1) is 36.1. The largest absolute Gasteiger partial charge is 0.790 e. The molecule has 0 aromatic carbocycles. The molecule has 34 heavy (non-hydrogen) atoms. The lowest BCUT2D eigenvalue weighted by atomic mass is 10.4.